The topological polar surface area (TPSA) is 85.8 Å². The van der Waals surface area contributed by atoms with Crippen LogP contribution in [0.25, 0.3) is 0 Å². The number of aryl methyl sites for hydroxylation is 1. The number of aromatic nitrogens is 3. The third kappa shape index (κ3) is 2.83. The van der Waals surface area contributed by atoms with Gasteiger partial charge in [-0.05, 0) is 13.0 Å². The third-order valence-electron chi connectivity index (χ3n) is 1.50. The summed E-state index contributed by atoms with van der Waals surface area (Å²) in [6.45, 7) is 1.15. The largest absolute Gasteiger partial charge is 0.351 e. The van der Waals surface area contributed by atoms with Crippen molar-refractivity contribution in [2.24, 2.45) is 12.8 Å². The van der Waals surface area contributed by atoms with E-state index in [1.165, 1.54) is 4.68 Å². The molecule has 1 amide bonds. The van der Waals surface area contributed by atoms with Crippen LogP contribution in [0.2, 0.25) is 0 Å². The lowest BCUT2D eigenvalue weighted by Gasteiger charge is -1.99. The van der Waals surface area contributed by atoms with Crippen molar-refractivity contribution in [3.63, 3.8) is 0 Å². The Morgan fingerprint density at radius 2 is 2.54 bits per heavy atom. The molecule has 1 aromatic heterocycles. The quantitative estimate of drug-likeness (QED) is 0.580. The molecule has 0 atom stereocenters. The Balaban J connectivity index is 2.40. The summed E-state index contributed by atoms with van der Waals surface area (Å²) in [4.78, 5) is 11.3. The van der Waals surface area contributed by atoms with Gasteiger partial charge in [-0.25, -0.2) is 0 Å². The molecule has 0 radical (unpaired) electrons. The van der Waals surface area contributed by atoms with E-state index in [-0.39, 0.29) is 5.91 Å². The van der Waals surface area contributed by atoms with Crippen LogP contribution in [0, 0.1) is 0 Å². The number of carbonyl (C=O) groups excluding carboxylic acids is 1. The Labute approximate surface area is 76.1 Å². The van der Waals surface area contributed by atoms with Gasteiger partial charge in [-0.15, -0.1) is 5.10 Å². The number of rotatable bonds is 4. The molecule has 0 spiro atoms. The van der Waals surface area contributed by atoms with Crippen molar-refractivity contribution in [2.75, 3.05) is 13.1 Å². The molecule has 72 valence electrons. The minimum atomic E-state index is -0.207. The summed E-state index contributed by atoms with van der Waals surface area (Å²) < 4.78 is 1.48. The van der Waals surface area contributed by atoms with Crippen LogP contribution in [0.4, 0.5) is 0 Å². The van der Waals surface area contributed by atoms with Crippen LogP contribution in [0.15, 0.2) is 6.20 Å². The van der Waals surface area contributed by atoms with E-state index in [1.807, 2.05) is 0 Å². The van der Waals surface area contributed by atoms with Crippen LogP contribution >= 0.6 is 0 Å². The normalized spacial score (nSPS) is 10.0. The van der Waals surface area contributed by atoms with Crippen LogP contribution in [-0.4, -0.2) is 34.0 Å². The minimum absolute atomic E-state index is 0.207. The summed E-state index contributed by atoms with van der Waals surface area (Å²) in [7, 11) is 1.71. The molecule has 0 fully saturated rings. The van der Waals surface area contributed by atoms with Crippen LogP contribution in [-0.2, 0) is 7.05 Å². The number of amides is 1. The van der Waals surface area contributed by atoms with Gasteiger partial charge in [0.15, 0.2) is 5.69 Å². The summed E-state index contributed by atoms with van der Waals surface area (Å²) in [6.07, 6.45) is 2.34. The number of hydrogen-bond donors (Lipinski definition) is 2. The fraction of sp³-hybridized carbons (Fsp3) is 0.571. The summed E-state index contributed by atoms with van der Waals surface area (Å²) in [6, 6.07) is 0. The van der Waals surface area contributed by atoms with Crippen molar-refractivity contribution in [1.29, 1.82) is 0 Å². The first kappa shape index (κ1) is 9.66. The molecule has 1 aromatic rings. The maximum Gasteiger partial charge on any atom is 0.273 e. The van der Waals surface area contributed by atoms with Gasteiger partial charge >= 0.3 is 0 Å². The van der Waals surface area contributed by atoms with Crippen molar-refractivity contribution in [2.45, 2.75) is 6.42 Å². The lowest BCUT2D eigenvalue weighted by Crippen LogP contribution is -2.26. The third-order valence-corrected chi connectivity index (χ3v) is 1.50. The Morgan fingerprint density at radius 1 is 1.77 bits per heavy atom. The van der Waals surface area contributed by atoms with Gasteiger partial charge in [0, 0.05) is 13.6 Å². The first-order valence-corrected chi connectivity index (χ1v) is 4.08. The van der Waals surface area contributed by atoms with E-state index in [4.69, 9.17) is 5.73 Å². The van der Waals surface area contributed by atoms with Crippen LogP contribution < -0.4 is 11.1 Å². The Kier molecular flexibility index (Phi) is 3.39. The van der Waals surface area contributed by atoms with Crippen molar-refractivity contribution < 1.29 is 4.79 Å². The molecule has 0 aromatic carbocycles. The van der Waals surface area contributed by atoms with Gasteiger partial charge in [0.2, 0.25) is 0 Å². The standard InChI is InChI=1S/C7H13N5O/c1-12-5-6(10-11-12)7(13)9-4-2-3-8/h5H,2-4,8H2,1H3,(H,9,13). The fourth-order valence-electron chi connectivity index (χ4n) is 0.846. The lowest BCUT2D eigenvalue weighted by atomic mass is 10.4. The van der Waals surface area contributed by atoms with Crippen molar-refractivity contribution in [3.05, 3.63) is 11.9 Å². The van der Waals surface area contributed by atoms with Crippen LogP contribution in [0.5, 0.6) is 0 Å². The maximum absolute atomic E-state index is 11.3. The van der Waals surface area contributed by atoms with Gasteiger partial charge in [0.1, 0.15) is 0 Å². The minimum Gasteiger partial charge on any atom is -0.351 e. The molecule has 0 aliphatic heterocycles. The zero-order valence-electron chi connectivity index (χ0n) is 7.53. The van der Waals surface area contributed by atoms with Crippen molar-refractivity contribution in [1.82, 2.24) is 20.3 Å². The van der Waals surface area contributed by atoms with Crippen LogP contribution in [0.3, 0.4) is 0 Å². The van der Waals surface area contributed by atoms with Gasteiger partial charge in [-0.1, -0.05) is 5.21 Å². The molecule has 6 nitrogen and oxygen atoms in total. The van der Waals surface area contributed by atoms with E-state index in [0.717, 1.165) is 6.42 Å². The smallest absolute Gasteiger partial charge is 0.273 e. The maximum atomic E-state index is 11.3. The summed E-state index contributed by atoms with van der Waals surface area (Å²) >= 11 is 0. The predicted molar refractivity (Wildman–Crippen MR) is 47.0 cm³/mol. The fourth-order valence-corrected chi connectivity index (χ4v) is 0.846. The van der Waals surface area contributed by atoms with E-state index in [2.05, 4.69) is 15.6 Å². The monoisotopic (exact) mass is 183 g/mol. The highest BCUT2D eigenvalue weighted by molar-refractivity contribution is 5.91. The highest BCUT2D eigenvalue weighted by Gasteiger charge is 2.07. The van der Waals surface area contributed by atoms with E-state index < -0.39 is 0 Å². The molecular formula is C7H13N5O. The second-order valence-electron chi connectivity index (χ2n) is 2.68. The number of nitrogens with zero attached hydrogens (tertiary/aromatic N) is 3. The molecule has 0 aliphatic rings. The summed E-state index contributed by atoms with van der Waals surface area (Å²) in [5.41, 5.74) is 5.61. The Morgan fingerprint density at radius 3 is 3.08 bits per heavy atom. The molecular weight excluding hydrogens is 170 g/mol. The number of nitrogens with two attached hydrogens (primary N) is 1. The average Bonchev–Trinajstić information content (AvgIpc) is 2.52. The van der Waals surface area contributed by atoms with Gasteiger partial charge in [-0.2, -0.15) is 0 Å². The zero-order valence-corrected chi connectivity index (χ0v) is 7.53. The molecule has 0 saturated heterocycles. The molecule has 1 rings (SSSR count). The Hall–Kier alpha value is -1.43. The second kappa shape index (κ2) is 4.56. The average molecular weight is 183 g/mol. The molecule has 1 heterocycles. The highest BCUT2D eigenvalue weighted by atomic mass is 16.1. The van der Waals surface area contributed by atoms with Gasteiger partial charge in [0.25, 0.3) is 5.91 Å². The molecule has 13 heavy (non-hydrogen) atoms. The van der Waals surface area contributed by atoms with Crippen molar-refractivity contribution in [3.8, 4) is 0 Å². The van der Waals surface area contributed by atoms with Gasteiger partial charge < -0.3 is 11.1 Å². The zero-order chi connectivity index (χ0) is 9.68. The molecule has 0 unspecified atom stereocenters. The number of hydrogen-bond acceptors (Lipinski definition) is 4. The van der Waals surface area contributed by atoms with E-state index in [9.17, 15) is 4.79 Å². The van der Waals surface area contributed by atoms with Crippen molar-refractivity contribution >= 4 is 5.91 Å². The molecule has 0 saturated carbocycles. The molecule has 3 N–H and O–H groups in total. The van der Waals surface area contributed by atoms with Gasteiger partial charge in [-0.3, -0.25) is 9.48 Å². The SMILES string of the molecule is Cn1cc(C(=O)NCCCN)nn1. The van der Waals surface area contributed by atoms with Crippen LogP contribution in [0.1, 0.15) is 16.9 Å². The second-order valence-corrected chi connectivity index (χ2v) is 2.68. The molecule has 0 aliphatic carbocycles. The number of carbonyl (C=O) groups is 1. The number of nitrogens with one attached hydrogen (secondary N) is 1. The highest BCUT2D eigenvalue weighted by Crippen LogP contribution is 1.90. The van der Waals surface area contributed by atoms with E-state index >= 15 is 0 Å². The summed E-state index contributed by atoms with van der Waals surface area (Å²) in [5.74, 6) is -0.207. The Bertz CT molecular complexity index is 282. The first-order chi connectivity index (χ1) is 6.24. The van der Waals surface area contributed by atoms with E-state index in [1.54, 1.807) is 13.2 Å². The van der Waals surface area contributed by atoms with E-state index in [0.29, 0.717) is 18.8 Å². The molecule has 0 bridgehead atoms. The first-order valence-electron chi connectivity index (χ1n) is 4.08. The lowest BCUT2D eigenvalue weighted by molar-refractivity contribution is 0.0948. The van der Waals surface area contributed by atoms with Gasteiger partial charge in [0.05, 0.1) is 6.20 Å². The predicted octanol–water partition coefficient (Wildman–Crippen LogP) is -1.11. The molecule has 6 heteroatoms. The summed E-state index contributed by atoms with van der Waals surface area (Å²) in [5, 5.41) is 9.99.